The van der Waals surface area contributed by atoms with E-state index in [1.807, 2.05) is 0 Å². The number of aromatic nitrogens is 6. The predicted octanol–water partition coefficient (Wildman–Crippen LogP) is 10.2. The summed E-state index contributed by atoms with van der Waals surface area (Å²) in [6.45, 7) is 2.77. The maximum atomic E-state index is 13.2. The molecule has 3 aliphatic rings. The molecule has 3 aliphatic heterocycles. The summed E-state index contributed by atoms with van der Waals surface area (Å²) in [6.07, 6.45) is -4.45. The topological polar surface area (TPSA) is 271 Å². The van der Waals surface area contributed by atoms with E-state index < -0.39 is 78.1 Å². The Bertz CT molecular complexity index is 3480. The van der Waals surface area contributed by atoms with E-state index in [1.54, 1.807) is 95.7 Å². The molecule has 7 N–H and O–H groups in total. The lowest BCUT2D eigenvalue weighted by Gasteiger charge is -2.32. The second-order valence-corrected chi connectivity index (χ2v) is 19.7. The summed E-state index contributed by atoms with van der Waals surface area (Å²) in [5, 5.41) is 57.7. The van der Waals surface area contributed by atoms with Crippen molar-refractivity contribution in [3.63, 3.8) is 0 Å². The molecule has 8 aromatic rings. The standard InChI is InChI=1S/C33H24Cl2N4O7.C18H18Cl2N4O4.4CH4.ClH/c1-33(44)25(40)31(46-26(33)24(18-11-12-22(34)23(35)15-18)45-32(43)17-7-3-2-4-8-17)38-14-13-21-27(38)36-16-37-28(21)39-29(41)19-9-5-6-10-20(19)30(39)42;1-18(27)13(26)17(24-5-4-9-15(21)22-7-23-16(9)24)28-14(18)12(25)8-2-3-10(19)11(20)6-8;;;;;/h2-16,24-26,31,40,44H,1H3;2-7,12-14,17,25-27H,1H3,(H2,21,22,23);4*1H4;1H/t24-,25+,26-,31-,33+;12-,13+,14-,17-,18+;;;;;/m11...../s1. The van der Waals surface area contributed by atoms with Gasteiger partial charge in [-0.15, -0.1) is 12.4 Å². The molecular weight excluding hydrogens is 1130 g/mol. The number of nitrogen functional groups attached to an aromatic ring is 1. The molecule has 7 heterocycles. The van der Waals surface area contributed by atoms with E-state index in [9.17, 15) is 39.9 Å². The van der Waals surface area contributed by atoms with E-state index in [4.69, 9.17) is 66.3 Å². The molecule has 2 amide bonds. The lowest BCUT2D eigenvalue weighted by Crippen LogP contribution is -2.48. The highest BCUT2D eigenvalue weighted by molar-refractivity contribution is 6.42. The number of carbonyl (C=O) groups excluding carboxylic acids is 3. The van der Waals surface area contributed by atoms with Gasteiger partial charge < -0.3 is 54.6 Å². The average molecular weight is 1190 g/mol. The van der Waals surface area contributed by atoms with Crippen LogP contribution >= 0.6 is 58.8 Å². The number of fused-ring (bicyclic) bond motifs is 3. The second kappa shape index (κ2) is 24.6. The monoisotopic (exact) mass is 1180 g/mol. The summed E-state index contributed by atoms with van der Waals surface area (Å²) in [5.41, 5.74) is 4.31. The van der Waals surface area contributed by atoms with Gasteiger partial charge in [0, 0.05) is 12.4 Å². The van der Waals surface area contributed by atoms with Crippen LogP contribution in [-0.4, -0.2) is 108 Å². The Morgan fingerprint density at radius 3 is 1.67 bits per heavy atom. The molecule has 0 aliphatic carbocycles. The van der Waals surface area contributed by atoms with Gasteiger partial charge in [-0.1, -0.05) is 119 Å². The predicted molar refractivity (Wildman–Crippen MR) is 305 cm³/mol. The van der Waals surface area contributed by atoms with Gasteiger partial charge in [0.2, 0.25) is 0 Å². The van der Waals surface area contributed by atoms with Crippen molar-refractivity contribution in [3.8, 4) is 0 Å². The molecule has 0 bridgehead atoms. The number of ether oxygens (including phenoxy) is 3. The van der Waals surface area contributed by atoms with Crippen molar-refractivity contribution in [2.75, 3.05) is 10.6 Å². The van der Waals surface area contributed by atoms with Gasteiger partial charge in [-0.2, -0.15) is 0 Å². The van der Waals surface area contributed by atoms with Crippen LogP contribution in [0.25, 0.3) is 22.1 Å². The molecular formula is C55H59Cl5N8O11. The highest BCUT2D eigenvalue weighted by Gasteiger charge is 2.58. The van der Waals surface area contributed by atoms with E-state index in [-0.39, 0.29) is 91.2 Å². The van der Waals surface area contributed by atoms with Crippen LogP contribution in [0, 0.1) is 0 Å². The third-order valence-corrected chi connectivity index (χ3v) is 14.9. The van der Waals surface area contributed by atoms with Gasteiger partial charge >= 0.3 is 5.97 Å². The van der Waals surface area contributed by atoms with Crippen LogP contribution in [0.3, 0.4) is 0 Å². The lowest BCUT2D eigenvalue weighted by molar-refractivity contribution is -0.119. The van der Waals surface area contributed by atoms with Crippen LogP contribution < -0.4 is 10.6 Å². The van der Waals surface area contributed by atoms with Crippen molar-refractivity contribution in [1.29, 1.82) is 0 Å². The van der Waals surface area contributed by atoms with Crippen molar-refractivity contribution < 1.29 is 54.1 Å². The third kappa shape index (κ3) is 11.2. The largest absolute Gasteiger partial charge is 0.451 e. The number of aliphatic hydroxyl groups is 5. The van der Waals surface area contributed by atoms with Gasteiger partial charge in [0.05, 0.1) is 47.6 Å². The molecule has 4 aromatic heterocycles. The summed E-state index contributed by atoms with van der Waals surface area (Å²) in [6, 6.07) is 27.3. The Kier molecular flexibility index (Phi) is 19.8. The third-order valence-electron chi connectivity index (χ3n) is 13.4. The Balaban J connectivity index is 0.000000302. The molecule has 10 atom stereocenters. The first-order valence-electron chi connectivity index (χ1n) is 22.6. The van der Waals surface area contributed by atoms with Crippen molar-refractivity contribution in [2.24, 2.45) is 0 Å². The second-order valence-electron chi connectivity index (χ2n) is 18.1. The van der Waals surface area contributed by atoms with Crippen LogP contribution in [0.15, 0.2) is 128 Å². The number of amides is 2. The number of anilines is 2. The summed E-state index contributed by atoms with van der Waals surface area (Å²) in [4.78, 5) is 57.4. The van der Waals surface area contributed by atoms with E-state index in [0.29, 0.717) is 32.6 Å². The molecule has 0 spiro atoms. The number of hydrogen-bond donors (Lipinski definition) is 6. The van der Waals surface area contributed by atoms with Gasteiger partial charge in [-0.3, -0.25) is 9.59 Å². The summed E-state index contributed by atoms with van der Waals surface area (Å²) in [7, 11) is 0. The number of nitrogens with two attached hydrogens (primary N) is 1. The first kappa shape index (κ1) is 63.5. The van der Waals surface area contributed by atoms with Crippen molar-refractivity contribution in [1.82, 2.24) is 29.1 Å². The number of nitrogens with zero attached hydrogens (tertiary/aromatic N) is 7. The van der Waals surface area contributed by atoms with Gasteiger partial charge in [0.25, 0.3) is 11.8 Å². The highest BCUT2D eigenvalue weighted by Crippen LogP contribution is 2.47. The average Bonchev–Trinajstić information content (AvgIpc) is 4.40. The van der Waals surface area contributed by atoms with Gasteiger partial charge in [0.1, 0.15) is 71.5 Å². The minimum Gasteiger partial charge on any atom is -0.451 e. The van der Waals surface area contributed by atoms with Gasteiger partial charge in [0.15, 0.2) is 24.4 Å². The van der Waals surface area contributed by atoms with Gasteiger partial charge in [-0.25, -0.2) is 29.6 Å². The first-order chi connectivity index (χ1) is 35.3. The van der Waals surface area contributed by atoms with Crippen LogP contribution in [0.4, 0.5) is 11.6 Å². The van der Waals surface area contributed by atoms with Crippen LogP contribution in [-0.2, 0) is 14.2 Å². The molecule has 2 saturated heterocycles. The van der Waals surface area contributed by atoms with Crippen LogP contribution in [0.5, 0.6) is 0 Å². The number of esters is 1. The lowest BCUT2D eigenvalue weighted by atomic mass is 9.88. The maximum Gasteiger partial charge on any atom is 0.338 e. The fourth-order valence-corrected chi connectivity index (χ4v) is 10.0. The molecule has 24 heteroatoms. The Morgan fingerprint density at radius 2 is 1.11 bits per heavy atom. The molecule has 79 heavy (non-hydrogen) atoms. The van der Waals surface area contributed by atoms with Crippen LogP contribution in [0.2, 0.25) is 20.1 Å². The Hall–Kier alpha value is -6.30. The molecule has 19 nitrogen and oxygen atoms in total. The SMILES string of the molecule is C.C.C.C.C[C@@]1(O)[C@@H]([C@H](O)c2ccc(Cl)c(Cl)c2)O[C@@H](n2ccc3c(N)ncnc32)[C@@H]1O.C[C@@]1(O)[C@@H]([C@H](OC(=O)c2ccccc2)c2ccc(Cl)c(Cl)c2)O[C@@H](n2ccc3c(N4C(=O)c5ccccc5C4=O)ncnc32)[C@@H]1O.Cl. The molecule has 0 saturated carbocycles. The number of hydrogen-bond acceptors (Lipinski definition) is 16. The molecule has 4 aromatic carbocycles. The number of benzene rings is 4. The van der Waals surface area contributed by atoms with E-state index in [1.165, 1.54) is 55.5 Å². The molecule has 11 rings (SSSR count). The zero-order valence-corrected chi connectivity index (χ0v) is 42.9. The van der Waals surface area contributed by atoms with E-state index in [2.05, 4.69) is 19.9 Å². The zero-order chi connectivity index (χ0) is 52.5. The van der Waals surface area contributed by atoms with E-state index in [0.717, 1.165) is 4.90 Å². The maximum absolute atomic E-state index is 13.2. The minimum absolute atomic E-state index is 0. The minimum atomic E-state index is -1.98. The molecule has 420 valence electrons. The van der Waals surface area contributed by atoms with E-state index >= 15 is 0 Å². The molecule has 0 radical (unpaired) electrons. The van der Waals surface area contributed by atoms with Gasteiger partial charge in [-0.05, 0) is 85.6 Å². The van der Waals surface area contributed by atoms with Crippen molar-refractivity contribution >= 4 is 110 Å². The normalized spacial score (nSPS) is 23.7. The number of rotatable bonds is 9. The smallest absolute Gasteiger partial charge is 0.338 e. The summed E-state index contributed by atoms with van der Waals surface area (Å²) < 4.78 is 21.2. The fourth-order valence-electron chi connectivity index (χ4n) is 9.39. The molecule has 0 unspecified atom stereocenters. The highest BCUT2D eigenvalue weighted by atomic mass is 35.5. The molecule has 2 fully saturated rings. The number of imide groups is 1. The fraction of sp³-hybridized carbons (Fsp3) is 0.291. The van der Waals surface area contributed by atoms with Crippen molar-refractivity contribution in [3.05, 3.63) is 176 Å². The quantitative estimate of drug-likeness (QED) is 0.0579. The summed E-state index contributed by atoms with van der Waals surface area (Å²) >= 11 is 24.4. The van der Waals surface area contributed by atoms with Crippen molar-refractivity contribution in [2.45, 2.75) is 104 Å². The number of carbonyl (C=O) groups is 3. The van der Waals surface area contributed by atoms with Crippen LogP contribution in [0.1, 0.15) is 110 Å². The first-order valence-corrected chi connectivity index (χ1v) is 24.1. The number of aliphatic hydroxyl groups excluding tert-OH is 3. The number of halogens is 5. The Morgan fingerprint density at radius 1 is 0.646 bits per heavy atom. The Labute approximate surface area is 481 Å². The summed E-state index contributed by atoms with van der Waals surface area (Å²) in [5.74, 6) is -1.42. The zero-order valence-electron chi connectivity index (χ0n) is 39.1.